The number of hydrogen-bond donors (Lipinski definition) is 0. The van der Waals surface area contributed by atoms with Crippen molar-refractivity contribution in [3.05, 3.63) is 58.9 Å². The topological polar surface area (TPSA) is 70.6 Å². The molecule has 138 valence electrons. The van der Waals surface area contributed by atoms with Crippen molar-refractivity contribution in [1.82, 2.24) is 14.2 Å². The van der Waals surface area contributed by atoms with Gasteiger partial charge < -0.3 is 0 Å². The van der Waals surface area contributed by atoms with Crippen LogP contribution in [0, 0.1) is 0 Å². The number of rotatable bonds is 5. The van der Waals surface area contributed by atoms with E-state index in [9.17, 15) is 13.2 Å². The lowest BCUT2D eigenvalue weighted by Crippen LogP contribution is -2.48. The molecule has 1 aliphatic heterocycles. The fourth-order valence-corrected chi connectivity index (χ4v) is 4.62. The second kappa shape index (κ2) is 7.84. The van der Waals surface area contributed by atoms with E-state index in [-0.39, 0.29) is 10.7 Å². The van der Waals surface area contributed by atoms with Gasteiger partial charge in [0.05, 0.1) is 4.90 Å². The first kappa shape index (κ1) is 19.0. The predicted molar refractivity (Wildman–Crippen MR) is 99.7 cm³/mol. The summed E-state index contributed by atoms with van der Waals surface area (Å²) in [6.45, 7) is 4.21. The normalized spacial score (nSPS) is 16.5. The van der Waals surface area contributed by atoms with E-state index in [0.29, 0.717) is 43.4 Å². The van der Waals surface area contributed by atoms with Gasteiger partial charge in [-0.2, -0.15) is 4.31 Å². The predicted octanol–water partition coefficient (Wildman–Crippen LogP) is 2.44. The van der Waals surface area contributed by atoms with Gasteiger partial charge in [0.2, 0.25) is 10.0 Å². The average molecular weight is 394 g/mol. The van der Waals surface area contributed by atoms with E-state index in [1.165, 1.54) is 23.4 Å². The van der Waals surface area contributed by atoms with Gasteiger partial charge in [-0.3, -0.25) is 9.69 Å². The van der Waals surface area contributed by atoms with Crippen LogP contribution >= 0.6 is 11.6 Å². The fourth-order valence-electron chi connectivity index (χ4n) is 2.95. The lowest BCUT2D eigenvalue weighted by molar-refractivity contribution is 0.101. The Morgan fingerprint density at radius 3 is 2.54 bits per heavy atom. The Morgan fingerprint density at radius 2 is 1.88 bits per heavy atom. The maximum Gasteiger partial charge on any atom is 0.243 e. The number of benzene rings is 1. The molecule has 0 amide bonds. The van der Waals surface area contributed by atoms with Gasteiger partial charge in [-0.05, 0) is 36.8 Å². The number of nitrogens with zero attached hydrogens (tertiary/aromatic N) is 3. The lowest BCUT2D eigenvalue weighted by atomic mass is 10.2. The zero-order valence-corrected chi connectivity index (χ0v) is 16.0. The number of carbonyl (C=O) groups excluding carboxylic acids is 1. The van der Waals surface area contributed by atoms with E-state index in [1.807, 2.05) is 12.1 Å². The molecule has 0 aliphatic carbocycles. The molecule has 1 aromatic carbocycles. The molecule has 6 nitrogen and oxygen atoms in total. The molecule has 0 radical (unpaired) electrons. The average Bonchev–Trinajstić information content (AvgIpc) is 2.62. The standard InChI is InChI=1S/C18H20ClN3O3S/c1-14(23)16-3-2-4-17(12-16)26(24,25)22-9-7-21(8-10-22)13-15-5-6-20-18(19)11-15/h2-6,11-12H,7-10,13H2,1H3. The number of hydrogen-bond acceptors (Lipinski definition) is 5. The van der Waals surface area contributed by atoms with Gasteiger partial charge in [-0.25, -0.2) is 13.4 Å². The molecule has 0 unspecified atom stereocenters. The molecule has 1 aliphatic rings. The van der Waals surface area contributed by atoms with Gasteiger partial charge in [0, 0.05) is 44.5 Å². The molecule has 0 spiro atoms. The third kappa shape index (κ3) is 4.29. The fraction of sp³-hybridized carbons (Fsp3) is 0.333. The number of piperazine rings is 1. The van der Waals surface area contributed by atoms with Gasteiger partial charge in [-0.1, -0.05) is 23.7 Å². The van der Waals surface area contributed by atoms with Crippen molar-refractivity contribution in [3.63, 3.8) is 0 Å². The Kier molecular flexibility index (Phi) is 5.72. The minimum atomic E-state index is -3.60. The minimum Gasteiger partial charge on any atom is -0.296 e. The largest absolute Gasteiger partial charge is 0.296 e. The zero-order valence-electron chi connectivity index (χ0n) is 14.4. The van der Waals surface area contributed by atoms with Gasteiger partial charge in [0.15, 0.2) is 5.78 Å². The first-order valence-corrected chi connectivity index (χ1v) is 10.1. The van der Waals surface area contributed by atoms with E-state index in [0.717, 1.165) is 5.56 Å². The van der Waals surface area contributed by atoms with Gasteiger partial charge in [-0.15, -0.1) is 0 Å². The van der Waals surface area contributed by atoms with E-state index in [2.05, 4.69) is 9.88 Å². The SMILES string of the molecule is CC(=O)c1cccc(S(=O)(=O)N2CCN(Cc3ccnc(Cl)c3)CC2)c1. The number of halogens is 1. The van der Waals surface area contributed by atoms with Crippen molar-refractivity contribution in [3.8, 4) is 0 Å². The molecule has 2 aromatic rings. The highest BCUT2D eigenvalue weighted by Crippen LogP contribution is 2.20. The monoisotopic (exact) mass is 393 g/mol. The van der Waals surface area contributed by atoms with Crippen LogP contribution < -0.4 is 0 Å². The van der Waals surface area contributed by atoms with E-state index >= 15 is 0 Å². The van der Waals surface area contributed by atoms with Crippen molar-refractivity contribution >= 4 is 27.4 Å². The van der Waals surface area contributed by atoms with Crippen LogP contribution in [-0.4, -0.2) is 54.6 Å². The molecule has 26 heavy (non-hydrogen) atoms. The third-order valence-corrected chi connectivity index (χ3v) is 6.51. The summed E-state index contributed by atoms with van der Waals surface area (Å²) in [6, 6.07) is 9.93. The van der Waals surface area contributed by atoms with Crippen LogP contribution in [-0.2, 0) is 16.6 Å². The van der Waals surface area contributed by atoms with Crippen LogP contribution in [0.15, 0.2) is 47.5 Å². The Morgan fingerprint density at radius 1 is 1.15 bits per heavy atom. The first-order valence-electron chi connectivity index (χ1n) is 8.30. The second-order valence-electron chi connectivity index (χ2n) is 6.25. The van der Waals surface area contributed by atoms with E-state index in [4.69, 9.17) is 11.6 Å². The zero-order chi connectivity index (χ0) is 18.7. The molecule has 0 bridgehead atoms. The van der Waals surface area contributed by atoms with Crippen LogP contribution in [0.4, 0.5) is 0 Å². The molecule has 1 fully saturated rings. The van der Waals surface area contributed by atoms with Crippen molar-refractivity contribution in [1.29, 1.82) is 0 Å². The summed E-state index contributed by atoms with van der Waals surface area (Å²) in [7, 11) is -3.60. The number of ketones is 1. The van der Waals surface area contributed by atoms with Gasteiger partial charge in [0.25, 0.3) is 0 Å². The van der Waals surface area contributed by atoms with Crippen LogP contribution in [0.3, 0.4) is 0 Å². The third-order valence-electron chi connectivity index (χ3n) is 4.41. The molecule has 2 heterocycles. The quantitative estimate of drug-likeness (QED) is 0.576. The number of Topliss-reactive ketones (excluding diaryl/α,β-unsaturated/α-hetero) is 1. The number of aromatic nitrogens is 1. The maximum atomic E-state index is 12.8. The van der Waals surface area contributed by atoms with Crippen LogP contribution in [0.5, 0.6) is 0 Å². The van der Waals surface area contributed by atoms with Crippen LogP contribution in [0.2, 0.25) is 5.15 Å². The molecule has 3 rings (SSSR count). The molecule has 8 heteroatoms. The molecule has 1 saturated heterocycles. The molecular formula is C18H20ClN3O3S. The highest BCUT2D eigenvalue weighted by Gasteiger charge is 2.28. The number of pyridine rings is 1. The van der Waals surface area contributed by atoms with Crippen molar-refractivity contribution in [2.24, 2.45) is 0 Å². The van der Waals surface area contributed by atoms with Crippen LogP contribution in [0.25, 0.3) is 0 Å². The maximum absolute atomic E-state index is 12.8. The summed E-state index contributed by atoms with van der Waals surface area (Å²) >= 11 is 5.91. The molecule has 0 N–H and O–H groups in total. The first-order chi connectivity index (χ1) is 12.4. The molecule has 0 atom stereocenters. The summed E-state index contributed by atoms with van der Waals surface area (Å²) in [5.41, 5.74) is 1.45. The smallest absolute Gasteiger partial charge is 0.243 e. The molecule has 0 saturated carbocycles. The lowest BCUT2D eigenvalue weighted by Gasteiger charge is -2.34. The van der Waals surface area contributed by atoms with Crippen molar-refractivity contribution in [2.45, 2.75) is 18.4 Å². The Bertz CT molecular complexity index is 909. The highest BCUT2D eigenvalue weighted by atomic mass is 35.5. The Labute approximate surface area is 158 Å². The van der Waals surface area contributed by atoms with Gasteiger partial charge >= 0.3 is 0 Å². The van der Waals surface area contributed by atoms with E-state index in [1.54, 1.807) is 18.3 Å². The summed E-state index contributed by atoms with van der Waals surface area (Å²) in [5.74, 6) is -0.150. The molecular weight excluding hydrogens is 374 g/mol. The minimum absolute atomic E-state index is 0.150. The summed E-state index contributed by atoms with van der Waals surface area (Å²) in [6.07, 6.45) is 1.67. The number of sulfonamides is 1. The number of carbonyl (C=O) groups is 1. The van der Waals surface area contributed by atoms with Crippen molar-refractivity contribution in [2.75, 3.05) is 26.2 Å². The van der Waals surface area contributed by atoms with Gasteiger partial charge in [0.1, 0.15) is 5.15 Å². The Balaban J connectivity index is 1.67. The highest BCUT2D eigenvalue weighted by molar-refractivity contribution is 7.89. The summed E-state index contributed by atoms with van der Waals surface area (Å²) in [4.78, 5) is 17.8. The summed E-state index contributed by atoms with van der Waals surface area (Å²) in [5, 5.41) is 0.453. The van der Waals surface area contributed by atoms with E-state index < -0.39 is 10.0 Å². The Hall–Kier alpha value is -1.80. The van der Waals surface area contributed by atoms with Crippen molar-refractivity contribution < 1.29 is 13.2 Å². The second-order valence-corrected chi connectivity index (χ2v) is 8.58. The summed E-state index contributed by atoms with van der Waals surface area (Å²) < 4.78 is 27.2. The van der Waals surface area contributed by atoms with Crippen LogP contribution in [0.1, 0.15) is 22.8 Å². The molecule has 1 aromatic heterocycles.